The third-order valence-electron chi connectivity index (χ3n) is 2.55. The first-order valence-electron chi connectivity index (χ1n) is 5.81. The van der Waals surface area contributed by atoms with Gasteiger partial charge in [-0.25, -0.2) is 4.98 Å². The number of ether oxygens (including phenoxy) is 2. The smallest absolute Gasteiger partial charge is 0.296 e. The van der Waals surface area contributed by atoms with E-state index >= 15 is 0 Å². The topological polar surface area (TPSA) is 107 Å². The molecule has 1 aromatic carbocycles. The fourth-order valence-electron chi connectivity index (χ4n) is 1.58. The first kappa shape index (κ1) is 15.0. The van der Waals surface area contributed by atoms with E-state index in [0.29, 0.717) is 28.0 Å². The molecule has 0 saturated carbocycles. The van der Waals surface area contributed by atoms with Gasteiger partial charge in [-0.15, -0.1) is 10.0 Å². The van der Waals surface area contributed by atoms with Crippen LogP contribution in [0.1, 0.15) is 0 Å². The number of carbonyl (C=O) groups is 1. The van der Waals surface area contributed by atoms with E-state index in [1.165, 1.54) is 0 Å². The van der Waals surface area contributed by atoms with E-state index in [1.807, 2.05) is 0 Å². The van der Waals surface area contributed by atoms with Crippen LogP contribution < -0.4 is 9.47 Å². The highest BCUT2D eigenvalue weighted by Gasteiger charge is 2.13. The van der Waals surface area contributed by atoms with Gasteiger partial charge in [0.1, 0.15) is 11.5 Å². The minimum absolute atomic E-state index is 0.101. The molecule has 1 N–H and O–H groups in total. The third-order valence-corrected chi connectivity index (χ3v) is 3.39. The first-order valence-corrected chi connectivity index (χ1v) is 6.80. The molecule has 0 aliphatic rings. The van der Waals surface area contributed by atoms with Gasteiger partial charge in [0, 0.05) is 5.18 Å². The van der Waals surface area contributed by atoms with Crippen LogP contribution in [-0.4, -0.2) is 41.1 Å². The quantitative estimate of drug-likeness (QED) is 0.641. The van der Waals surface area contributed by atoms with Gasteiger partial charge in [-0.1, -0.05) is 11.8 Å². The van der Waals surface area contributed by atoms with Crippen molar-refractivity contribution in [2.75, 3.05) is 20.0 Å². The Labute approximate surface area is 124 Å². The van der Waals surface area contributed by atoms with E-state index in [9.17, 15) is 9.70 Å². The Kier molecular flexibility index (Phi) is 4.88. The summed E-state index contributed by atoms with van der Waals surface area (Å²) in [5, 5.41) is 9.36. The van der Waals surface area contributed by atoms with Crippen molar-refractivity contribution in [1.29, 1.82) is 0 Å². The highest BCUT2D eigenvalue weighted by Crippen LogP contribution is 2.31. The number of hydrogen-bond acceptors (Lipinski definition) is 7. The summed E-state index contributed by atoms with van der Waals surface area (Å²) in [4.78, 5) is 25.1. The van der Waals surface area contributed by atoms with E-state index in [4.69, 9.17) is 9.47 Å². The second kappa shape index (κ2) is 6.84. The number of rotatable bonds is 6. The van der Waals surface area contributed by atoms with Gasteiger partial charge in [-0.05, 0) is 18.2 Å². The lowest BCUT2D eigenvalue weighted by Gasteiger charge is -2.07. The molecule has 0 radical (unpaired) electrons. The average molecular weight is 308 g/mol. The second-order valence-electron chi connectivity index (χ2n) is 3.81. The normalized spacial score (nSPS) is 10.2. The summed E-state index contributed by atoms with van der Waals surface area (Å²) in [5.74, 6) is 0.867. The van der Waals surface area contributed by atoms with Gasteiger partial charge < -0.3 is 9.47 Å². The molecule has 0 aliphatic heterocycles. The number of hydrogen-bond donors (Lipinski definition) is 1. The minimum Gasteiger partial charge on any atom is -0.497 e. The first-order chi connectivity index (χ1) is 10.2. The molecule has 0 spiro atoms. The Bertz CT molecular complexity index is 658. The number of benzene rings is 1. The molecule has 2 rings (SSSR count). The Hall–Kier alpha value is -2.42. The average Bonchev–Trinajstić information content (AvgIpc) is 3.00. The van der Waals surface area contributed by atoms with Crippen LogP contribution in [0.25, 0.3) is 11.4 Å². The molecule has 0 unspecified atom stereocenters. The predicted molar refractivity (Wildman–Crippen MR) is 76.4 cm³/mol. The van der Waals surface area contributed by atoms with Crippen LogP contribution in [0.4, 0.5) is 0 Å². The van der Waals surface area contributed by atoms with Crippen molar-refractivity contribution >= 4 is 17.7 Å². The number of thioether (sulfide) groups is 1. The molecule has 8 nitrogen and oxygen atoms in total. The van der Waals surface area contributed by atoms with Crippen LogP contribution in [0, 0.1) is 4.91 Å². The number of nitroso groups, excluding NO2 is 1. The van der Waals surface area contributed by atoms with Gasteiger partial charge in [0.15, 0.2) is 5.82 Å². The minimum atomic E-state index is -0.759. The van der Waals surface area contributed by atoms with Crippen LogP contribution in [0.3, 0.4) is 0 Å². The maximum Gasteiger partial charge on any atom is 0.296 e. The van der Waals surface area contributed by atoms with E-state index < -0.39 is 5.91 Å². The molecule has 1 heterocycles. The standard InChI is InChI=1S/C12H12N4O4S/c1-19-7-3-4-9(20-2)8(5-7)11-13-12(15-14-11)21-6-10(17)16-18/h3-5H,6H2,1-2H3,(H,13,14,15). The molecule has 21 heavy (non-hydrogen) atoms. The van der Waals surface area contributed by atoms with Gasteiger partial charge in [0.05, 0.1) is 25.5 Å². The summed E-state index contributed by atoms with van der Waals surface area (Å²) in [6.07, 6.45) is 0. The molecule has 9 heteroatoms. The van der Waals surface area contributed by atoms with E-state index in [2.05, 4.69) is 20.4 Å². The lowest BCUT2D eigenvalue weighted by atomic mass is 10.2. The molecule has 0 fully saturated rings. The molecule has 1 amide bonds. The fourth-order valence-corrected chi connectivity index (χ4v) is 2.15. The maximum atomic E-state index is 10.8. The number of methoxy groups -OCH3 is 2. The van der Waals surface area contributed by atoms with Crippen molar-refractivity contribution in [2.45, 2.75) is 5.16 Å². The molecule has 2 aromatic rings. The van der Waals surface area contributed by atoms with Crippen LogP contribution in [0.2, 0.25) is 0 Å². The summed E-state index contributed by atoms with van der Waals surface area (Å²) in [7, 11) is 3.11. The monoisotopic (exact) mass is 308 g/mol. The molecule has 1 aromatic heterocycles. The maximum absolute atomic E-state index is 10.8. The Morgan fingerprint density at radius 2 is 2.19 bits per heavy atom. The zero-order chi connectivity index (χ0) is 15.2. The van der Waals surface area contributed by atoms with Crippen molar-refractivity contribution < 1.29 is 14.3 Å². The molecule has 0 saturated heterocycles. The lowest BCUT2D eigenvalue weighted by molar-refractivity contribution is -0.115. The molecule has 110 valence electrons. The highest BCUT2D eigenvalue weighted by atomic mass is 32.2. The summed E-state index contributed by atoms with van der Waals surface area (Å²) < 4.78 is 10.4. The van der Waals surface area contributed by atoms with Crippen LogP contribution in [-0.2, 0) is 4.79 Å². The van der Waals surface area contributed by atoms with Gasteiger partial charge >= 0.3 is 0 Å². The SMILES string of the molecule is COc1ccc(OC)c(-c2nc(SCC(=O)N=O)n[nH]2)c1. The summed E-state index contributed by atoms with van der Waals surface area (Å²) >= 11 is 1.02. The number of aromatic amines is 1. The number of amides is 1. The fraction of sp³-hybridized carbons (Fsp3) is 0.250. The summed E-state index contributed by atoms with van der Waals surface area (Å²) in [5.41, 5.74) is 0.677. The Morgan fingerprint density at radius 1 is 1.38 bits per heavy atom. The van der Waals surface area contributed by atoms with Crippen molar-refractivity contribution in [1.82, 2.24) is 15.2 Å². The largest absolute Gasteiger partial charge is 0.497 e. The highest BCUT2D eigenvalue weighted by molar-refractivity contribution is 7.99. The third kappa shape index (κ3) is 3.57. The number of H-pyrrole nitrogens is 1. The van der Waals surface area contributed by atoms with Gasteiger partial charge in [-0.3, -0.25) is 9.89 Å². The molecule has 0 aliphatic carbocycles. The summed E-state index contributed by atoms with van der Waals surface area (Å²) in [6, 6.07) is 5.28. The van der Waals surface area contributed by atoms with Gasteiger partial charge in [0.2, 0.25) is 5.16 Å². The van der Waals surface area contributed by atoms with Crippen molar-refractivity contribution in [3.63, 3.8) is 0 Å². The van der Waals surface area contributed by atoms with Gasteiger partial charge in [-0.2, -0.15) is 0 Å². The van der Waals surface area contributed by atoms with Crippen molar-refractivity contribution in [3.8, 4) is 22.9 Å². The van der Waals surface area contributed by atoms with E-state index in [-0.39, 0.29) is 5.75 Å². The van der Waals surface area contributed by atoms with E-state index in [1.54, 1.807) is 32.4 Å². The van der Waals surface area contributed by atoms with Gasteiger partial charge in [0.25, 0.3) is 5.91 Å². The zero-order valence-corrected chi connectivity index (χ0v) is 12.1. The lowest BCUT2D eigenvalue weighted by Crippen LogP contribution is -1.95. The Balaban J connectivity index is 2.24. The Morgan fingerprint density at radius 3 is 2.86 bits per heavy atom. The number of nitrogens with zero attached hydrogens (tertiary/aromatic N) is 3. The molecular weight excluding hydrogens is 296 g/mol. The van der Waals surface area contributed by atoms with E-state index in [0.717, 1.165) is 11.8 Å². The van der Waals surface area contributed by atoms with Crippen LogP contribution in [0.5, 0.6) is 11.5 Å². The summed E-state index contributed by atoms with van der Waals surface area (Å²) in [6.45, 7) is 0. The zero-order valence-electron chi connectivity index (χ0n) is 11.3. The number of nitrogens with one attached hydrogen (secondary N) is 1. The molecule has 0 bridgehead atoms. The van der Waals surface area contributed by atoms with Crippen molar-refractivity contribution in [2.24, 2.45) is 5.18 Å². The predicted octanol–water partition coefficient (Wildman–Crippen LogP) is 1.87. The second-order valence-corrected chi connectivity index (χ2v) is 4.75. The van der Waals surface area contributed by atoms with Crippen molar-refractivity contribution in [3.05, 3.63) is 23.1 Å². The van der Waals surface area contributed by atoms with Crippen LogP contribution >= 0.6 is 11.8 Å². The number of aromatic nitrogens is 3. The molecule has 0 atom stereocenters. The number of carbonyl (C=O) groups excluding carboxylic acids is 1. The molecular formula is C12H12N4O4S. The van der Waals surface area contributed by atoms with Crippen LogP contribution in [0.15, 0.2) is 28.5 Å².